The highest BCUT2D eigenvalue weighted by molar-refractivity contribution is 5.85. The Morgan fingerprint density at radius 3 is 1.87 bits per heavy atom. The molecule has 0 bridgehead atoms. The van der Waals surface area contributed by atoms with Gasteiger partial charge in [-0.25, -0.2) is 0 Å². The zero-order chi connectivity index (χ0) is 16.0. The van der Waals surface area contributed by atoms with Crippen molar-refractivity contribution in [2.45, 2.75) is 19.3 Å². The van der Waals surface area contributed by atoms with Crippen molar-refractivity contribution in [2.75, 3.05) is 6.54 Å². The van der Waals surface area contributed by atoms with E-state index in [2.05, 4.69) is 6.07 Å². The molecule has 0 saturated carbocycles. The van der Waals surface area contributed by atoms with Crippen molar-refractivity contribution < 1.29 is 13.2 Å². The van der Waals surface area contributed by atoms with Gasteiger partial charge in [-0.15, -0.1) is 12.4 Å². The molecule has 0 heterocycles. The molecular weight excluding hydrogens is 325 g/mol. The minimum absolute atomic E-state index is 0. The molecule has 0 saturated heterocycles. The second-order valence-corrected chi connectivity index (χ2v) is 4.98. The minimum Gasteiger partial charge on any atom is -0.282 e. The van der Waals surface area contributed by atoms with E-state index in [0.29, 0.717) is 13.1 Å². The Morgan fingerprint density at radius 2 is 1.39 bits per heavy atom. The predicted molar refractivity (Wildman–Crippen MR) is 84.9 cm³/mol. The standard InChI is InChI=1S/C17H15F3N2.ClH/c18-17(19,20)16-8-6-15(7-9-16)13-22(11-10-21)12-14-4-2-1-3-5-14;/h1-9H,11-13H2;1H. The molecule has 0 aliphatic carbocycles. The lowest BCUT2D eigenvalue weighted by atomic mass is 10.1. The Hall–Kier alpha value is -2.03. The highest BCUT2D eigenvalue weighted by atomic mass is 35.5. The molecule has 0 spiro atoms. The largest absolute Gasteiger partial charge is 0.416 e. The van der Waals surface area contributed by atoms with Crippen LogP contribution in [-0.4, -0.2) is 11.4 Å². The molecule has 2 nitrogen and oxygen atoms in total. The number of hydrogen-bond donors (Lipinski definition) is 0. The summed E-state index contributed by atoms with van der Waals surface area (Å²) in [4.78, 5) is 1.89. The van der Waals surface area contributed by atoms with E-state index in [9.17, 15) is 13.2 Å². The number of rotatable bonds is 5. The van der Waals surface area contributed by atoms with Gasteiger partial charge in [0.05, 0.1) is 18.2 Å². The monoisotopic (exact) mass is 340 g/mol. The fourth-order valence-corrected chi connectivity index (χ4v) is 2.17. The number of nitriles is 1. The zero-order valence-electron chi connectivity index (χ0n) is 12.3. The Bertz CT molecular complexity index is 634. The van der Waals surface area contributed by atoms with Gasteiger partial charge in [-0.1, -0.05) is 42.5 Å². The predicted octanol–water partition coefficient (Wildman–Crippen LogP) is 4.65. The van der Waals surface area contributed by atoms with Crippen LogP contribution < -0.4 is 0 Å². The van der Waals surface area contributed by atoms with E-state index >= 15 is 0 Å². The van der Waals surface area contributed by atoms with E-state index in [4.69, 9.17) is 5.26 Å². The summed E-state index contributed by atoms with van der Waals surface area (Å²) in [5, 5.41) is 8.90. The van der Waals surface area contributed by atoms with E-state index in [0.717, 1.165) is 23.3 Å². The van der Waals surface area contributed by atoms with Gasteiger partial charge in [-0.2, -0.15) is 18.4 Å². The molecule has 0 fully saturated rings. The summed E-state index contributed by atoms with van der Waals surface area (Å²) in [7, 11) is 0. The second-order valence-electron chi connectivity index (χ2n) is 4.98. The molecule has 2 aromatic rings. The van der Waals surface area contributed by atoms with Gasteiger partial charge in [0.2, 0.25) is 0 Å². The summed E-state index contributed by atoms with van der Waals surface area (Å²) >= 11 is 0. The molecule has 2 rings (SSSR count). The van der Waals surface area contributed by atoms with Crippen molar-refractivity contribution >= 4 is 12.4 Å². The van der Waals surface area contributed by atoms with Crippen LogP contribution in [0, 0.1) is 11.3 Å². The van der Waals surface area contributed by atoms with Gasteiger partial charge in [0.1, 0.15) is 0 Å². The van der Waals surface area contributed by atoms with E-state index in [1.165, 1.54) is 12.1 Å². The lowest BCUT2D eigenvalue weighted by Crippen LogP contribution is -2.23. The number of alkyl halides is 3. The summed E-state index contributed by atoms with van der Waals surface area (Å²) in [5.41, 5.74) is 1.15. The number of benzene rings is 2. The Balaban J connectivity index is 0.00000264. The van der Waals surface area contributed by atoms with E-state index in [-0.39, 0.29) is 19.0 Å². The first-order valence-corrected chi connectivity index (χ1v) is 6.78. The Labute approximate surface area is 139 Å². The third-order valence-electron chi connectivity index (χ3n) is 3.23. The third kappa shape index (κ3) is 5.93. The highest BCUT2D eigenvalue weighted by Crippen LogP contribution is 2.29. The van der Waals surface area contributed by atoms with Crippen LogP contribution in [0.5, 0.6) is 0 Å². The molecule has 0 aliphatic rings. The van der Waals surface area contributed by atoms with Crippen molar-refractivity contribution in [3.05, 3.63) is 71.3 Å². The van der Waals surface area contributed by atoms with Crippen molar-refractivity contribution in [3.8, 4) is 6.07 Å². The summed E-state index contributed by atoms with van der Waals surface area (Å²) in [5.74, 6) is 0. The van der Waals surface area contributed by atoms with Gasteiger partial charge in [-0.05, 0) is 23.3 Å². The van der Waals surface area contributed by atoms with Crippen LogP contribution in [0.25, 0.3) is 0 Å². The van der Waals surface area contributed by atoms with E-state index in [1.807, 2.05) is 35.2 Å². The third-order valence-corrected chi connectivity index (χ3v) is 3.23. The number of hydrogen-bond acceptors (Lipinski definition) is 2. The summed E-state index contributed by atoms with van der Waals surface area (Å²) in [6.07, 6.45) is -4.32. The molecule has 0 radical (unpaired) electrons. The second kappa shape index (κ2) is 8.56. The zero-order valence-corrected chi connectivity index (χ0v) is 13.1. The van der Waals surface area contributed by atoms with Gasteiger partial charge >= 0.3 is 6.18 Å². The first-order valence-electron chi connectivity index (χ1n) is 6.78. The van der Waals surface area contributed by atoms with Crippen LogP contribution >= 0.6 is 12.4 Å². The minimum atomic E-state index is -4.32. The maximum absolute atomic E-state index is 12.5. The summed E-state index contributed by atoms with van der Waals surface area (Å²) in [6, 6.07) is 16.8. The highest BCUT2D eigenvalue weighted by Gasteiger charge is 2.29. The molecule has 23 heavy (non-hydrogen) atoms. The van der Waals surface area contributed by atoms with Gasteiger partial charge in [0.25, 0.3) is 0 Å². The quantitative estimate of drug-likeness (QED) is 0.741. The first kappa shape index (κ1) is 19.0. The first-order chi connectivity index (χ1) is 10.5. The molecule has 2 aromatic carbocycles. The van der Waals surface area contributed by atoms with Gasteiger partial charge in [0, 0.05) is 13.1 Å². The average molecular weight is 341 g/mol. The molecule has 0 aromatic heterocycles. The van der Waals surface area contributed by atoms with Crippen molar-refractivity contribution in [1.29, 1.82) is 5.26 Å². The van der Waals surface area contributed by atoms with Crippen LogP contribution in [0.4, 0.5) is 13.2 Å². The van der Waals surface area contributed by atoms with E-state index in [1.54, 1.807) is 0 Å². The number of halogens is 4. The van der Waals surface area contributed by atoms with Crippen molar-refractivity contribution in [1.82, 2.24) is 4.90 Å². The lowest BCUT2D eigenvalue weighted by molar-refractivity contribution is -0.137. The fraction of sp³-hybridized carbons (Fsp3) is 0.235. The van der Waals surface area contributed by atoms with Crippen LogP contribution in [0.1, 0.15) is 16.7 Å². The molecule has 0 unspecified atom stereocenters. The fourth-order valence-electron chi connectivity index (χ4n) is 2.17. The van der Waals surface area contributed by atoms with Crippen LogP contribution in [0.3, 0.4) is 0 Å². The SMILES string of the molecule is Cl.N#CCN(Cc1ccccc1)Cc1ccc(C(F)(F)F)cc1. The van der Waals surface area contributed by atoms with Gasteiger partial charge in [-0.3, -0.25) is 4.90 Å². The normalized spacial score (nSPS) is 10.9. The van der Waals surface area contributed by atoms with Gasteiger partial charge < -0.3 is 0 Å². The maximum Gasteiger partial charge on any atom is 0.416 e. The molecule has 0 N–H and O–H groups in total. The molecule has 0 amide bonds. The summed E-state index contributed by atoms with van der Waals surface area (Å²) < 4.78 is 37.6. The smallest absolute Gasteiger partial charge is 0.282 e. The molecule has 0 aliphatic heterocycles. The van der Waals surface area contributed by atoms with Crippen molar-refractivity contribution in [2.24, 2.45) is 0 Å². The van der Waals surface area contributed by atoms with Crippen LogP contribution in [0.15, 0.2) is 54.6 Å². The lowest BCUT2D eigenvalue weighted by Gasteiger charge is -2.19. The topological polar surface area (TPSA) is 27.0 Å². The Morgan fingerprint density at radius 1 is 0.870 bits per heavy atom. The summed E-state index contributed by atoms with van der Waals surface area (Å²) in [6.45, 7) is 1.23. The number of nitrogens with zero attached hydrogens (tertiary/aromatic N) is 2. The van der Waals surface area contributed by atoms with Crippen LogP contribution in [-0.2, 0) is 19.3 Å². The Kier molecular flexibility index (Phi) is 7.08. The molecule has 0 atom stereocenters. The van der Waals surface area contributed by atoms with Crippen LogP contribution in [0.2, 0.25) is 0 Å². The molecular formula is C17H16ClF3N2. The molecule has 122 valence electrons. The maximum atomic E-state index is 12.5. The molecule has 6 heteroatoms. The van der Waals surface area contributed by atoms with Gasteiger partial charge in [0.15, 0.2) is 0 Å². The average Bonchev–Trinajstić information content (AvgIpc) is 2.48. The van der Waals surface area contributed by atoms with E-state index < -0.39 is 11.7 Å². The van der Waals surface area contributed by atoms with Crippen molar-refractivity contribution in [3.63, 3.8) is 0 Å².